The molecule has 45 heavy (non-hydrogen) atoms. The van der Waals surface area contributed by atoms with Crippen molar-refractivity contribution in [3.8, 4) is 0 Å². The zero-order valence-electron chi connectivity index (χ0n) is 24.4. The van der Waals surface area contributed by atoms with Crippen molar-refractivity contribution >= 4 is 30.2 Å². The van der Waals surface area contributed by atoms with Crippen molar-refractivity contribution in [1.29, 1.82) is 0 Å². The number of carbonyl (C=O) groups is 2. The van der Waals surface area contributed by atoms with Gasteiger partial charge in [-0.1, -0.05) is 0 Å². The second kappa shape index (κ2) is 15.7. The molecule has 4 rings (SSSR count). The number of aliphatic hydroxyl groups excluding tert-OH is 4. The molecule has 15 N–H and O–H groups in total. The van der Waals surface area contributed by atoms with Gasteiger partial charge in [0.25, 0.3) is 0 Å². The predicted octanol–water partition coefficient (Wildman–Crippen LogP) is -4.56. The van der Waals surface area contributed by atoms with E-state index in [1.165, 1.54) is 24.3 Å². The normalized spacial score (nSPS) is 40.5. The van der Waals surface area contributed by atoms with Crippen LogP contribution in [0.3, 0.4) is 0 Å². The summed E-state index contributed by atoms with van der Waals surface area (Å²) >= 11 is 3.89. The summed E-state index contributed by atoms with van der Waals surface area (Å²) in [6, 6.07) is 2.30. The molecular formula is C27H44N6O11S. The molecule has 3 fully saturated rings. The number of amides is 1. The van der Waals surface area contributed by atoms with E-state index in [4.69, 9.17) is 52.4 Å². The number of rotatable bonds is 10. The molecule has 2 saturated heterocycles. The number of carbonyl (C=O) groups excluding carboxylic acids is 2. The number of nitrogens with one attached hydrogen (secondary N) is 1. The molecule has 6 unspecified atom stereocenters. The van der Waals surface area contributed by atoms with Gasteiger partial charge in [-0.05, 0) is 37.1 Å². The van der Waals surface area contributed by atoms with E-state index in [-0.39, 0.29) is 36.6 Å². The fourth-order valence-electron chi connectivity index (χ4n) is 5.55. The second-order valence-corrected chi connectivity index (χ2v) is 11.8. The summed E-state index contributed by atoms with van der Waals surface area (Å²) < 4.78 is 28.7. The number of anilines is 1. The average Bonchev–Trinajstić information content (AvgIpc) is 3.01. The molecular weight excluding hydrogens is 616 g/mol. The van der Waals surface area contributed by atoms with Crippen LogP contribution >= 0.6 is 12.6 Å². The number of hydrogen-bond acceptors (Lipinski definition) is 17. The first-order valence-electron chi connectivity index (χ1n) is 14.6. The van der Waals surface area contributed by atoms with Crippen LogP contribution in [0.1, 0.15) is 23.2 Å². The van der Waals surface area contributed by atoms with Gasteiger partial charge in [-0.2, -0.15) is 12.6 Å². The van der Waals surface area contributed by atoms with Crippen LogP contribution in [-0.4, -0.2) is 137 Å². The number of esters is 1. The van der Waals surface area contributed by atoms with Crippen molar-refractivity contribution in [2.75, 3.05) is 24.2 Å². The summed E-state index contributed by atoms with van der Waals surface area (Å²) in [6.07, 6.45) is -11.8. The molecule has 2 aliphatic heterocycles. The lowest BCUT2D eigenvalue weighted by Gasteiger charge is -2.47. The molecule has 1 aromatic carbocycles. The highest BCUT2D eigenvalue weighted by Crippen LogP contribution is 2.31. The predicted molar refractivity (Wildman–Crippen MR) is 160 cm³/mol. The maximum absolute atomic E-state index is 12.6. The molecule has 0 radical (unpaired) electrons. The van der Waals surface area contributed by atoms with E-state index in [1.807, 2.05) is 0 Å². The molecule has 3 aliphatic rings. The smallest absolute Gasteiger partial charge is 0.338 e. The van der Waals surface area contributed by atoms with Crippen LogP contribution in [0.4, 0.5) is 5.69 Å². The fourth-order valence-corrected chi connectivity index (χ4v) is 5.63. The lowest BCUT2D eigenvalue weighted by atomic mass is 9.84. The van der Waals surface area contributed by atoms with Gasteiger partial charge in [0, 0.05) is 24.3 Å². The van der Waals surface area contributed by atoms with E-state index < -0.39 is 98.2 Å². The third-order valence-electron chi connectivity index (χ3n) is 8.16. The number of benzene rings is 1. The Bertz CT molecular complexity index is 1140. The summed E-state index contributed by atoms with van der Waals surface area (Å²) in [6.45, 7) is -0.439. The Kier molecular flexibility index (Phi) is 12.5. The molecule has 14 atom stereocenters. The van der Waals surface area contributed by atoms with Crippen molar-refractivity contribution in [3.63, 3.8) is 0 Å². The zero-order chi connectivity index (χ0) is 33.0. The van der Waals surface area contributed by atoms with E-state index in [1.54, 1.807) is 0 Å². The summed E-state index contributed by atoms with van der Waals surface area (Å²) in [5.74, 6) is -1.07. The van der Waals surface area contributed by atoms with Crippen LogP contribution in [0, 0.1) is 0 Å². The van der Waals surface area contributed by atoms with Crippen LogP contribution < -0.4 is 34.0 Å². The van der Waals surface area contributed by atoms with Crippen molar-refractivity contribution in [2.24, 2.45) is 28.7 Å². The van der Waals surface area contributed by atoms with Crippen molar-refractivity contribution in [2.45, 2.75) is 98.4 Å². The molecule has 0 bridgehead atoms. The molecule has 1 saturated carbocycles. The standard InChI is InChI=1S/C27H44N6O11S/c28-7-16-15(34)6-14(31)26(41-16)43-23-12(29)5-13(30)24(22(23)38)44-27-21(37)19(32)20(36)17(42-27)8-40-25(39)10-1-3-11(4-2-10)33-18(35)9-45/h1-4,12-17,19-24,26-27,34,36-38,45H,5-9,28-32H2,(H,33,35)/t12-,13+,14?,15-,16?,17?,19-,20+,21?,22?,23?,24-,26+,27+/m0/s1. The SMILES string of the molecule is NCC1O[C@H](OC2C(O)[C@@H](O[C@H]3OC(COC(=O)c4ccc(NC(=O)CS)cc4)[C@@H](O)[C@H](N)C3O)[C@H](N)C[C@@H]2N)C(N)C[C@@H]1O. The highest BCUT2D eigenvalue weighted by Gasteiger charge is 2.50. The quantitative estimate of drug-likeness (QED) is 0.0831. The number of thiol groups is 1. The molecule has 1 aliphatic carbocycles. The maximum atomic E-state index is 12.6. The monoisotopic (exact) mass is 660 g/mol. The summed E-state index contributed by atoms with van der Waals surface area (Å²) in [7, 11) is 0. The molecule has 0 spiro atoms. The first-order valence-corrected chi connectivity index (χ1v) is 15.2. The Morgan fingerprint density at radius 3 is 2.04 bits per heavy atom. The largest absolute Gasteiger partial charge is 0.459 e. The lowest BCUT2D eigenvalue weighted by Crippen LogP contribution is -2.68. The van der Waals surface area contributed by atoms with Gasteiger partial charge in [-0.3, -0.25) is 4.79 Å². The minimum Gasteiger partial charge on any atom is -0.459 e. The first kappa shape index (κ1) is 35.8. The van der Waals surface area contributed by atoms with Gasteiger partial charge >= 0.3 is 5.97 Å². The molecule has 18 heteroatoms. The van der Waals surface area contributed by atoms with Crippen molar-refractivity contribution in [1.82, 2.24) is 0 Å². The fraction of sp³-hybridized carbons (Fsp3) is 0.704. The van der Waals surface area contributed by atoms with Crippen LogP contribution in [-0.2, 0) is 28.5 Å². The van der Waals surface area contributed by atoms with Gasteiger partial charge in [0.1, 0.15) is 43.2 Å². The molecule has 1 amide bonds. The topological polar surface area (TPSA) is 303 Å². The summed E-state index contributed by atoms with van der Waals surface area (Å²) in [4.78, 5) is 24.1. The van der Waals surface area contributed by atoms with Crippen LogP contribution in [0.5, 0.6) is 0 Å². The summed E-state index contributed by atoms with van der Waals surface area (Å²) in [5, 5.41) is 45.4. The van der Waals surface area contributed by atoms with Crippen LogP contribution in [0.25, 0.3) is 0 Å². The highest BCUT2D eigenvalue weighted by molar-refractivity contribution is 7.81. The van der Waals surface area contributed by atoms with Crippen molar-refractivity contribution in [3.05, 3.63) is 29.8 Å². The maximum Gasteiger partial charge on any atom is 0.338 e. The van der Waals surface area contributed by atoms with Gasteiger partial charge < -0.3 is 78.1 Å². The van der Waals surface area contributed by atoms with E-state index in [0.717, 1.165) is 0 Å². The Morgan fingerprint density at radius 1 is 0.844 bits per heavy atom. The van der Waals surface area contributed by atoms with Crippen LogP contribution in [0.15, 0.2) is 24.3 Å². The average molecular weight is 661 g/mol. The van der Waals surface area contributed by atoms with E-state index in [2.05, 4.69) is 17.9 Å². The molecule has 1 aromatic rings. The zero-order valence-corrected chi connectivity index (χ0v) is 25.3. The Hall–Kier alpha value is -2.01. The third kappa shape index (κ3) is 8.48. The van der Waals surface area contributed by atoms with Crippen molar-refractivity contribution < 1.29 is 53.7 Å². The Morgan fingerprint density at radius 2 is 1.44 bits per heavy atom. The van der Waals surface area contributed by atoms with Gasteiger partial charge in [0.2, 0.25) is 5.91 Å². The summed E-state index contributed by atoms with van der Waals surface area (Å²) in [5.41, 5.74) is 31.0. The minimum absolute atomic E-state index is 0.00584. The minimum atomic E-state index is -1.55. The molecule has 0 aromatic heterocycles. The third-order valence-corrected chi connectivity index (χ3v) is 8.45. The molecule has 2 heterocycles. The molecule has 254 valence electrons. The lowest BCUT2D eigenvalue weighted by molar-refractivity contribution is -0.314. The number of hydrogen-bond donors (Lipinski definition) is 11. The van der Waals surface area contributed by atoms with Gasteiger partial charge in [0.05, 0.1) is 35.6 Å². The number of nitrogens with two attached hydrogens (primary N) is 5. The van der Waals surface area contributed by atoms with E-state index in [9.17, 15) is 30.0 Å². The molecule has 17 nitrogen and oxygen atoms in total. The van der Waals surface area contributed by atoms with Gasteiger partial charge in [0.15, 0.2) is 12.6 Å². The Labute approximate surface area is 265 Å². The number of aliphatic hydroxyl groups is 4. The van der Waals surface area contributed by atoms with Crippen LogP contribution in [0.2, 0.25) is 0 Å². The number of ether oxygens (including phenoxy) is 5. The second-order valence-electron chi connectivity index (χ2n) is 11.5. The highest BCUT2D eigenvalue weighted by atomic mass is 32.1. The van der Waals surface area contributed by atoms with Gasteiger partial charge in [-0.25, -0.2) is 4.79 Å². The van der Waals surface area contributed by atoms with E-state index >= 15 is 0 Å². The van der Waals surface area contributed by atoms with Gasteiger partial charge in [-0.15, -0.1) is 0 Å². The van der Waals surface area contributed by atoms with E-state index in [0.29, 0.717) is 5.69 Å². The first-order chi connectivity index (χ1) is 21.3. The Balaban J connectivity index is 1.38.